The standard InChI is InChI=1S/C27H24ClF2N3O4S/c1-35-23-8-6-21(33-25(23)16-3-5-20(30)19(28)13-16)18(27-31-10-12-38-27)15-32-26(34)17-4-7-22(37-11-9-29)24(14-17)36-2/h3-8,10,12-14,18H,9,11,15H2,1-2H3,(H,32,34). The van der Waals surface area contributed by atoms with Gasteiger partial charge < -0.3 is 19.5 Å². The molecule has 7 nitrogen and oxygen atoms in total. The van der Waals surface area contributed by atoms with Crippen molar-refractivity contribution in [1.29, 1.82) is 0 Å². The van der Waals surface area contributed by atoms with Crippen LogP contribution >= 0.6 is 22.9 Å². The number of alkyl halides is 1. The second-order valence-corrected chi connectivity index (χ2v) is 9.29. The molecule has 38 heavy (non-hydrogen) atoms. The first kappa shape index (κ1) is 27.3. The highest BCUT2D eigenvalue weighted by Gasteiger charge is 2.22. The molecule has 0 aliphatic heterocycles. The van der Waals surface area contributed by atoms with Gasteiger partial charge in [-0.05, 0) is 48.5 Å². The Kier molecular flexibility index (Phi) is 9.09. The van der Waals surface area contributed by atoms with Crippen LogP contribution in [0.5, 0.6) is 17.2 Å². The summed E-state index contributed by atoms with van der Waals surface area (Å²) in [6, 6.07) is 12.6. The Morgan fingerprint density at radius 2 is 1.87 bits per heavy atom. The topological polar surface area (TPSA) is 82.6 Å². The monoisotopic (exact) mass is 559 g/mol. The number of methoxy groups -OCH3 is 2. The SMILES string of the molecule is COc1cc(C(=O)NCC(c2ccc(OC)c(-c3ccc(F)c(Cl)c3)n2)c2nccs2)ccc1OCCF. The molecule has 1 atom stereocenters. The van der Waals surface area contributed by atoms with E-state index in [1.165, 1.54) is 43.8 Å². The molecule has 0 fully saturated rings. The predicted molar refractivity (Wildman–Crippen MR) is 142 cm³/mol. The number of pyridine rings is 1. The molecule has 0 spiro atoms. The molecule has 11 heteroatoms. The number of amides is 1. The zero-order valence-electron chi connectivity index (χ0n) is 20.5. The van der Waals surface area contributed by atoms with E-state index in [0.29, 0.717) is 39.8 Å². The molecular formula is C27H24ClF2N3O4S. The number of carbonyl (C=O) groups is 1. The number of nitrogens with zero attached hydrogens (tertiary/aromatic N) is 2. The van der Waals surface area contributed by atoms with Crippen molar-refractivity contribution >= 4 is 28.8 Å². The molecule has 2 aromatic carbocycles. The molecule has 0 saturated heterocycles. The Hall–Kier alpha value is -3.76. The fourth-order valence-electron chi connectivity index (χ4n) is 3.77. The summed E-state index contributed by atoms with van der Waals surface area (Å²) in [6.45, 7) is -0.561. The van der Waals surface area contributed by atoms with Crippen molar-refractivity contribution in [2.75, 3.05) is 34.0 Å². The number of hydrogen-bond donors (Lipinski definition) is 1. The average Bonchev–Trinajstić information content (AvgIpc) is 3.48. The van der Waals surface area contributed by atoms with Crippen molar-refractivity contribution in [3.63, 3.8) is 0 Å². The highest BCUT2D eigenvalue weighted by molar-refractivity contribution is 7.09. The lowest BCUT2D eigenvalue weighted by molar-refractivity contribution is 0.0952. The van der Waals surface area contributed by atoms with Crippen LogP contribution in [0.25, 0.3) is 11.3 Å². The van der Waals surface area contributed by atoms with Crippen molar-refractivity contribution in [2.24, 2.45) is 0 Å². The van der Waals surface area contributed by atoms with Gasteiger partial charge in [0.1, 0.15) is 35.5 Å². The van der Waals surface area contributed by atoms with E-state index in [1.54, 1.807) is 36.5 Å². The number of nitrogens with one attached hydrogen (secondary N) is 1. The molecule has 1 unspecified atom stereocenters. The maximum absolute atomic E-state index is 13.8. The molecule has 198 valence electrons. The third kappa shape index (κ3) is 6.20. The fourth-order valence-corrected chi connectivity index (χ4v) is 4.70. The number of hydrogen-bond acceptors (Lipinski definition) is 7. The third-order valence-corrected chi connectivity index (χ3v) is 6.81. The van der Waals surface area contributed by atoms with Crippen LogP contribution in [0, 0.1) is 5.82 Å². The fraction of sp³-hybridized carbons (Fsp3) is 0.222. The minimum Gasteiger partial charge on any atom is -0.494 e. The molecule has 2 heterocycles. The van der Waals surface area contributed by atoms with E-state index in [1.807, 2.05) is 5.38 Å². The highest BCUT2D eigenvalue weighted by atomic mass is 35.5. The van der Waals surface area contributed by atoms with E-state index < -0.39 is 12.5 Å². The van der Waals surface area contributed by atoms with Gasteiger partial charge in [-0.3, -0.25) is 4.79 Å². The number of aromatic nitrogens is 2. The van der Waals surface area contributed by atoms with E-state index in [4.69, 9.17) is 30.8 Å². The molecule has 0 saturated carbocycles. The van der Waals surface area contributed by atoms with E-state index >= 15 is 0 Å². The quantitative estimate of drug-likeness (QED) is 0.245. The van der Waals surface area contributed by atoms with Gasteiger partial charge in [0.15, 0.2) is 11.5 Å². The lowest BCUT2D eigenvalue weighted by Crippen LogP contribution is -2.29. The van der Waals surface area contributed by atoms with E-state index in [9.17, 15) is 13.6 Å². The zero-order valence-corrected chi connectivity index (χ0v) is 22.1. The van der Waals surface area contributed by atoms with Gasteiger partial charge in [0.05, 0.1) is 30.9 Å². The van der Waals surface area contributed by atoms with Crippen LogP contribution in [0.3, 0.4) is 0 Å². The number of ether oxygens (including phenoxy) is 3. The Morgan fingerprint density at radius 1 is 1.08 bits per heavy atom. The van der Waals surface area contributed by atoms with Crippen LogP contribution in [0.1, 0.15) is 27.0 Å². The molecule has 0 radical (unpaired) electrons. The van der Waals surface area contributed by atoms with Crippen LogP contribution in [-0.4, -0.2) is 49.9 Å². The minimum absolute atomic E-state index is 0.0305. The summed E-state index contributed by atoms with van der Waals surface area (Å²) in [6.07, 6.45) is 1.68. The highest BCUT2D eigenvalue weighted by Crippen LogP contribution is 2.34. The Balaban J connectivity index is 1.61. The first-order chi connectivity index (χ1) is 18.4. The maximum Gasteiger partial charge on any atom is 0.251 e. The Bertz CT molecular complexity index is 1410. The molecule has 4 rings (SSSR count). The van der Waals surface area contributed by atoms with Crippen molar-refractivity contribution in [3.05, 3.63) is 87.2 Å². The third-order valence-electron chi connectivity index (χ3n) is 5.63. The minimum atomic E-state index is -0.640. The van der Waals surface area contributed by atoms with Gasteiger partial charge in [0.25, 0.3) is 5.91 Å². The van der Waals surface area contributed by atoms with Crippen LogP contribution in [0.15, 0.2) is 60.1 Å². The average molecular weight is 560 g/mol. The molecule has 0 aliphatic carbocycles. The Labute approximate surface area is 227 Å². The van der Waals surface area contributed by atoms with E-state index in [2.05, 4.69) is 10.3 Å². The Morgan fingerprint density at radius 3 is 2.55 bits per heavy atom. The first-order valence-corrected chi connectivity index (χ1v) is 12.8. The molecular weight excluding hydrogens is 536 g/mol. The second-order valence-electron chi connectivity index (χ2n) is 7.95. The number of rotatable bonds is 11. The normalized spacial score (nSPS) is 11.6. The molecule has 2 aromatic heterocycles. The molecule has 1 N–H and O–H groups in total. The van der Waals surface area contributed by atoms with Gasteiger partial charge in [-0.2, -0.15) is 0 Å². The predicted octanol–water partition coefficient (Wildman–Crippen LogP) is 5.93. The zero-order chi connectivity index (χ0) is 27.1. The number of carbonyl (C=O) groups excluding carboxylic acids is 1. The summed E-state index contributed by atoms with van der Waals surface area (Å²) in [4.78, 5) is 22.3. The summed E-state index contributed by atoms with van der Waals surface area (Å²) >= 11 is 7.44. The van der Waals surface area contributed by atoms with Crippen molar-refractivity contribution in [3.8, 4) is 28.5 Å². The van der Waals surface area contributed by atoms with E-state index in [0.717, 1.165) is 5.01 Å². The number of thiazole rings is 1. The van der Waals surface area contributed by atoms with Gasteiger partial charge >= 0.3 is 0 Å². The summed E-state index contributed by atoms with van der Waals surface area (Å²) in [5.74, 6) is -0.109. The second kappa shape index (κ2) is 12.7. The van der Waals surface area contributed by atoms with Crippen molar-refractivity contribution in [1.82, 2.24) is 15.3 Å². The molecule has 0 bridgehead atoms. The summed E-state index contributed by atoms with van der Waals surface area (Å²) in [5, 5.41) is 5.49. The lowest BCUT2D eigenvalue weighted by atomic mass is 10.0. The number of halogens is 3. The first-order valence-electron chi connectivity index (χ1n) is 11.5. The van der Waals surface area contributed by atoms with Crippen LogP contribution in [0.2, 0.25) is 5.02 Å². The lowest BCUT2D eigenvalue weighted by Gasteiger charge is -2.18. The maximum atomic E-state index is 13.8. The number of benzene rings is 2. The molecule has 0 aliphatic rings. The molecule has 1 amide bonds. The smallest absolute Gasteiger partial charge is 0.251 e. The van der Waals surface area contributed by atoms with Crippen molar-refractivity contribution in [2.45, 2.75) is 5.92 Å². The van der Waals surface area contributed by atoms with Gasteiger partial charge in [-0.15, -0.1) is 11.3 Å². The van der Waals surface area contributed by atoms with Gasteiger partial charge in [0, 0.05) is 29.2 Å². The summed E-state index contributed by atoms with van der Waals surface area (Å²) in [7, 11) is 2.96. The van der Waals surface area contributed by atoms with Crippen molar-refractivity contribution < 1.29 is 27.8 Å². The van der Waals surface area contributed by atoms with Gasteiger partial charge in [-0.25, -0.2) is 18.7 Å². The van der Waals surface area contributed by atoms with E-state index in [-0.39, 0.29) is 30.0 Å². The molecule has 4 aromatic rings. The largest absolute Gasteiger partial charge is 0.494 e. The van der Waals surface area contributed by atoms with Gasteiger partial charge in [0.2, 0.25) is 0 Å². The van der Waals surface area contributed by atoms with Gasteiger partial charge in [-0.1, -0.05) is 11.6 Å². The van der Waals surface area contributed by atoms with Crippen LogP contribution < -0.4 is 19.5 Å². The summed E-state index contributed by atoms with van der Waals surface area (Å²) in [5.41, 5.74) is 2.04. The summed E-state index contributed by atoms with van der Waals surface area (Å²) < 4.78 is 42.3. The van der Waals surface area contributed by atoms with Crippen LogP contribution in [-0.2, 0) is 0 Å². The van der Waals surface area contributed by atoms with Crippen LogP contribution in [0.4, 0.5) is 8.78 Å².